The van der Waals surface area contributed by atoms with E-state index in [2.05, 4.69) is 155 Å². The second kappa shape index (κ2) is 15.4. The summed E-state index contributed by atoms with van der Waals surface area (Å²) in [4.78, 5) is 0. The Labute approximate surface area is 311 Å². The molecule has 252 valence electrons. The number of rotatable bonds is 6. The number of unbranched alkanes of at least 4 members (excludes halogenated alkanes) is 2. The Balaban J connectivity index is 0.000000362. The molecule has 0 bridgehead atoms. The van der Waals surface area contributed by atoms with Gasteiger partial charge in [-0.1, -0.05) is 115 Å². The predicted molar refractivity (Wildman–Crippen MR) is 190 cm³/mol. The first-order valence-corrected chi connectivity index (χ1v) is 18.7. The molecular weight excluding hydrogens is 679 g/mol. The second-order valence-corrected chi connectivity index (χ2v) is 17.3. The van der Waals surface area contributed by atoms with Crippen LogP contribution in [0.5, 0.6) is 0 Å². The van der Waals surface area contributed by atoms with Crippen LogP contribution in [0, 0.1) is 56.3 Å². The van der Waals surface area contributed by atoms with Crippen molar-refractivity contribution in [2.75, 3.05) is 0 Å². The van der Waals surface area contributed by atoms with Crippen LogP contribution in [0.3, 0.4) is 0 Å². The molecule has 8 unspecified atom stereocenters. The van der Waals surface area contributed by atoms with Gasteiger partial charge in [-0.05, 0) is 28.6 Å². The summed E-state index contributed by atoms with van der Waals surface area (Å²) in [6.45, 7) is 24.8. The Morgan fingerprint density at radius 3 is 1.72 bits per heavy atom. The maximum absolute atomic E-state index is 2.99. The summed E-state index contributed by atoms with van der Waals surface area (Å²) in [6.07, 6.45) is 47.6. The third kappa shape index (κ3) is 5.71. The average molecular weight is 739 g/mol. The Kier molecular flexibility index (Phi) is 13.9. The van der Waals surface area contributed by atoms with Gasteiger partial charge in [0.2, 0.25) is 0 Å². The first-order chi connectivity index (χ1) is 20.7. The Hall–Kier alpha value is -0.747. The van der Waals surface area contributed by atoms with Crippen LogP contribution >= 0.6 is 0 Å². The van der Waals surface area contributed by atoms with Gasteiger partial charge in [-0.2, -0.15) is 6.08 Å². The minimum Gasteiger partial charge on any atom is -1.00 e. The van der Waals surface area contributed by atoms with Crippen LogP contribution in [0.15, 0.2) is 90.6 Å². The molecular formula is C43H60Cl2Zr-2. The van der Waals surface area contributed by atoms with E-state index in [9.17, 15) is 0 Å². The molecule has 6 aliphatic rings. The molecule has 0 aliphatic heterocycles. The molecule has 0 spiro atoms. The van der Waals surface area contributed by atoms with Gasteiger partial charge in [0, 0.05) is 10.8 Å². The normalized spacial score (nSPS) is 41.3. The first-order valence-electron chi connectivity index (χ1n) is 17.4. The van der Waals surface area contributed by atoms with Crippen molar-refractivity contribution in [2.24, 2.45) is 43.8 Å². The molecule has 0 aromatic carbocycles. The Morgan fingerprint density at radius 1 is 0.761 bits per heavy atom. The molecule has 46 heavy (non-hydrogen) atoms. The Bertz CT molecular complexity index is 1320. The molecule has 6 aliphatic carbocycles. The molecule has 8 atom stereocenters. The van der Waals surface area contributed by atoms with E-state index in [1.807, 2.05) is 12.2 Å². The van der Waals surface area contributed by atoms with Gasteiger partial charge in [-0.15, -0.1) is 23.8 Å². The second-order valence-electron chi connectivity index (χ2n) is 15.5. The zero-order valence-electron chi connectivity index (χ0n) is 30.4. The zero-order valence-corrected chi connectivity index (χ0v) is 34.4. The van der Waals surface area contributed by atoms with Crippen molar-refractivity contribution in [2.45, 2.75) is 114 Å². The van der Waals surface area contributed by atoms with Crippen LogP contribution < -0.4 is 24.8 Å². The summed E-state index contributed by atoms with van der Waals surface area (Å²) in [6, 6.07) is 0. The molecule has 0 aromatic heterocycles. The number of hydrogen-bond donors (Lipinski definition) is 0. The molecule has 0 aromatic rings. The summed E-state index contributed by atoms with van der Waals surface area (Å²) in [5.41, 5.74) is 1.73. The minimum absolute atomic E-state index is 0. The molecule has 0 amide bonds. The smallest absolute Gasteiger partial charge is 0.109 e. The van der Waals surface area contributed by atoms with E-state index in [1.165, 1.54) is 44.1 Å². The minimum atomic E-state index is 0. The molecule has 6 rings (SSSR count). The van der Waals surface area contributed by atoms with Gasteiger partial charge in [0.05, 0.1) is 0 Å². The van der Waals surface area contributed by atoms with E-state index in [-0.39, 0.29) is 62.7 Å². The molecule has 0 radical (unpaired) electrons. The topological polar surface area (TPSA) is 0 Å². The van der Waals surface area contributed by atoms with E-state index in [1.54, 1.807) is 27.4 Å². The third-order valence-corrected chi connectivity index (χ3v) is 15.5. The SMILES string of the molecule is CC1=CC=CC2[CH-]C3(C)C4(C)C=CC=CC4(C)C4(C)C=CC=CC4(C)C3(C)C12C.CCCC[C](=[Zr+2])CCCC.[C-]1=CC=CC1.[Cl-].[Cl-]. The molecule has 2 fully saturated rings. The van der Waals surface area contributed by atoms with Crippen LogP contribution in [-0.2, 0) is 24.2 Å². The molecule has 0 saturated heterocycles. The van der Waals surface area contributed by atoms with Gasteiger partial charge in [0.15, 0.2) is 0 Å². The summed E-state index contributed by atoms with van der Waals surface area (Å²) < 4.78 is 1.79. The monoisotopic (exact) mass is 736 g/mol. The van der Waals surface area contributed by atoms with Gasteiger partial charge in [0.25, 0.3) is 0 Å². The maximum Gasteiger partial charge on any atom is -0.109 e. The summed E-state index contributed by atoms with van der Waals surface area (Å²) in [5, 5.41) is 0. The van der Waals surface area contributed by atoms with Crippen molar-refractivity contribution in [3.8, 4) is 0 Å². The van der Waals surface area contributed by atoms with Gasteiger partial charge < -0.3 is 31.2 Å². The zero-order chi connectivity index (χ0) is 32.5. The molecule has 0 nitrogen and oxygen atoms in total. The van der Waals surface area contributed by atoms with Crippen LogP contribution in [0.2, 0.25) is 0 Å². The number of fused-ring (bicyclic) bond motifs is 8. The van der Waals surface area contributed by atoms with Crippen LogP contribution in [-0.4, -0.2) is 3.21 Å². The summed E-state index contributed by atoms with van der Waals surface area (Å²) in [5.74, 6) is 0.460. The van der Waals surface area contributed by atoms with Gasteiger partial charge in [-0.3, -0.25) is 6.08 Å². The molecule has 0 N–H and O–H groups in total. The fraction of sp³-hybridized carbons (Fsp3) is 0.581. The quantitative estimate of drug-likeness (QED) is 0.292. The summed E-state index contributed by atoms with van der Waals surface area (Å²) in [7, 11) is 0. The van der Waals surface area contributed by atoms with Crippen molar-refractivity contribution < 1.29 is 49.0 Å². The average Bonchev–Trinajstić information content (AvgIpc) is 3.65. The van der Waals surface area contributed by atoms with Gasteiger partial charge in [-0.25, -0.2) is 12.2 Å². The third-order valence-electron chi connectivity index (χ3n) is 14.3. The van der Waals surface area contributed by atoms with Crippen molar-refractivity contribution >= 4 is 3.21 Å². The van der Waals surface area contributed by atoms with E-state index < -0.39 is 0 Å². The number of halogens is 2. The Morgan fingerprint density at radius 2 is 1.26 bits per heavy atom. The van der Waals surface area contributed by atoms with E-state index >= 15 is 0 Å². The number of hydrogen-bond acceptors (Lipinski definition) is 0. The van der Waals surface area contributed by atoms with Crippen molar-refractivity contribution in [1.82, 2.24) is 0 Å². The van der Waals surface area contributed by atoms with E-state index in [4.69, 9.17) is 0 Å². The van der Waals surface area contributed by atoms with Gasteiger partial charge in [0.1, 0.15) is 0 Å². The van der Waals surface area contributed by atoms with Crippen LogP contribution in [0.1, 0.15) is 114 Å². The molecule has 2 saturated carbocycles. The number of allylic oxidation sites excluding steroid dienone is 16. The molecule has 3 heteroatoms. The van der Waals surface area contributed by atoms with Crippen molar-refractivity contribution in [3.05, 3.63) is 103 Å². The van der Waals surface area contributed by atoms with Crippen molar-refractivity contribution in [3.63, 3.8) is 0 Å². The van der Waals surface area contributed by atoms with E-state index in [0.29, 0.717) is 5.92 Å². The van der Waals surface area contributed by atoms with Crippen LogP contribution in [0.4, 0.5) is 0 Å². The predicted octanol–water partition coefficient (Wildman–Crippen LogP) is 6.05. The van der Waals surface area contributed by atoms with E-state index in [0.717, 1.165) is 6.42 Å². The first kappa shape index (κ1) is 41.4. The maximum atomic E-state index is 2.99. The largest absolute Gasteiger partial charge is 1.00 e. The summed E-state index contributed by atoms with van der Waals surface area (Å²) >= 11 is 1.67. The van der Waals surface area contributed by atoms with Gasteiger partial charge >= 0.3 is 79.8 Å². The van der Waals surface area contributed by atoms with Crippen LogP contribution in [0.25, 0.3) is 0 Å². The fourth-order valence-corrected chi connectivity index (χ4v) is 11.4. The molecule has 0 heterocycles. The van der Waals surface area contributed by atoms with Crippen molar-refractivity contribution in [1.29, 1.82) is 0 Å². The fourth-order valence-electron chi connectivity index (χ4n) is 10.5. The standard InChI is InChI=1S/C29H37.C9H18.C5H5.2ClH.Zr/c1-21-14-13-15-22-20-27(6)25(4)18-10-9-16-23(25,2)24(3)17-11-12-19-26(24,5)29(27,8)28(21,22)7;1-3-5-7-9-8-6-4-2;1-2-4-5-3-1;;;/h9-20,22H,1-8H3;3-8H2,1-2H3;1-3H,4H2;2*1H;/q-1;;-1;;;+2/p-2.